The fourth-order valence-electron chi connectivity index (χ4n) is 5.72. The maximum Gasteiger partial charge on any atom is 0.316 e. The molecule has 3 fully saturated rings. The zero-order chi connectivity index (χ0) is 25.6. The summed E-state index contributed by atoms with van der Waals surface area (Å²) in [6.07, 6.45) is 2.49. The van der Waals surface area contributed by atoms with E-state index in [0.717, 1.165) is 19.3 Å². The molecule has 2 saturated heterocycles. The Morgan fingerprint density at radius 2 is 1.72 bits per heavy atom. The molecule has 1 saturated carbocycles. The lowest BCUT2D eigenvalue weighted by Gasteiger charge is -2.25. The van der Waals surface area contributed by atoms with Crippen molar-refractivity contribution in [2.24, 2.45) is 23.7 Å². The second kappa shape index (κ2) is 9.41. The van der Waals surface area contributed by atoms with Gasteiger partial charge in [0.15, 0.2) is 0 Å². The molecule has 0 radical (unpaired) electrons. The third kappa shape index (κ3) is 4.14. The van der Waals surface area contributed by atoms with E-state index in [1.54, 1.807) is 42.2 Å². The second-order valence-electron chi connectivity index (χ2n) is 10.1. The highest BCUT2D eigenvalue weighted by molar-refractivity contribution is 6.22. The lowest BCUT2D eigenvalue weighted by atomic mass is 9.76. The third-order valence-electron chi connectivity index (χ3n) is 7.65. The van der Waals surface area contributed by atoms with E-state index < -0.39 is 11.9 Å². The van der Waals surface area contributed by atoms with Crippen LogP contribution in [0, 0.1) is 30.6 Å². The van der Waals surface area contributed by atoms with Crippen LogP contribution in [0.3, 0.4) is 0 Å². The van der Waals surface area contributed by atoms with Crippen LogP contribution in [0.25, 0.3) is 0 Å². The minimum atomic E-state index is -0.616. The van der Waals surface area contributed by atoms with Crippen LogP contribution in [0.2, 0.25) is 0 Å². The van der Waals surface area contributed by atoms with Gasteiger partial charge in [-0.15, -0.1) is 0 Å². The maximum absolute atomic E-state index is 13.1. The van der Waals surface area contributed by atoms with E-state index >= 15 is 0 Å². The van der Waals surface area contributed by atoms with Crippen molar-refractivity contribution in [1.29, 1.82) is 0 Å². The van der Waals surface area contributed by atoms with Gasteiger partial charge in [-0.3, -0.25) is 19.2 Å². The molecule has 2 aliphatic heterocycles. The van der Waals surface area contributed by atoms with Crippen molar-refractivity contribution in [3.05, 3.63) is 48.0 Å². The Hall–Kier alpha value is -3.68. The number of hydrogen-bond acceptors (Lipinski definition) is 6. The van der Waals surface area contributed by atoms with Crippen molar-refractivity contribution in [2.45, 2.75) is 39.5 Å². The fraction of sp³-hybridized carbons (Fsp3) is 0.429. The van der Waals surface area contributed by atoms with E-state index in [9.17, 15) is 19.2 Å². The van der Waals surface area contributed by atoms with Crippen LogP contribution in [0.5, 0.6) is 11.5 Å². The summed E-state index contributed by atoms with van der Waals surface area (Å²) >= 11 is 0. The predicted octanol–water partition coefficient (Wildman–Crippen LogP) is 3.89. The van der Waals surface area contributed by atoms with Crippen LogP contribution in [-0.4, -0.2) is 37.3 Å². The largest absolute Gasteiger partial charge is 0.495 e. The van der Waals surface area contributed by atoms with Crippen molar-refractivity contribution < 1.29 is 28.7 Å². The van der Waals surface area contributed by atoms with Crippen LogP contribution in [0.15, 0.2) is 42.5 Å². The maximum atomic E-state index is 13.1. The first-order valence-electron chi connectivity index (χ1n) is 12.4. The highest BCUT2D eigenvalue weighted by atomic mass is 16.5. The fourth-order valence-corrected chi connectivity index (χ4v) is 5.72. The average Bonchev–Trinajstić information content (AvgIpc) is 3.36. The highest BCUT2D eigenvalue weighted by Gasteiger charge is 2.50. The number of aryl methyl sites for hydroxylation is 1. The van der Waals surface area contributed by atoms with Crippen molar-refractivity contribution in [1.82, 2.24) is 0 Å². The molecule has 0 N–H and O–H groups in total. The number of esters is 1. The minimum Gasteiger partial charge on any atom is -0.495 e. The van der Waals surface area contributed by atoms with Gasteiger partial charge in [0.1, 0.15) is 11.5 Å². The van der Waals surface area contributed by atoms with Gasteiger partial charge in [0.2, 0.25) is 17.7 Å². The molecular weight excluding hydrogens is 460 g/mol. The van der Waals surface area contributed by atoms with Gasteiger partial charge >= 0.3 is 5.97 Å². The molecule has 5 rings (SSSR count). The number of ether oxygens (including phenoxy) is 2. The van der Waals surface area contributed by atoms with Crippen molar-refractivity contribution in [3.8, 4) is 11.5 Å². The number of imide groups is 1. The summed E-state index contributed by atoms with van der Waals surface area (Å²) in [5.41, 5.74) is 1.83. The monoisotopic (exact) mass is 490 g/mol. The smallest absolute Gasteiger partial charge is 0.316 e. The van der Waals surface area contributed by atoms with E-state index in [0.29, 0.717) is 34.4 Å². The summed E-state index contributed by atoms with van der Waals surface area (Å²) < 4.78 is 11.0. The van der Waals surface area contributed by atoms with Gasteiger partial charge in [-0.1, -0.05) is 19.1 Å². The van der Waals surface area contributed by atoms with Gasteiger partial charge in [-0.25, -0.2) is 4.90 Å². The van der Waals surface area contributed by atoms with Gasteiger partial charge in [0, 0.05) is 13.0 Å². The normalized spacial score (nSPS) is 25.8. The van der Waals surface area contributed by atoms with Crippen LogP contribution in [0.1, 0.15) is 38.2 Å². The number of methoxy groups -OCH3 is 1. The zero-order valence-corrected chi connectivity index (χ0v) is 20.7. The molecule has 0 aromatic heterocycles. The third-order valence-corrected chi connectivity index (χ3v) is 7.65. The van der Waals surface area contributed by atoms with E-state index in [1.807, 2.05) is 12.1 Å². The number of anilines is 2. The number of rotatable bonds is 5. The number of hydrogen-bond donors (Lipinski definition) is 0. The summed E-state index contributed by atoms with van der Waals surface area (Å²) in [4.78, 5) is 54.5. The van der Waals surface area contributed by atoms with E-state index in [-0.39, 0.29) is 42.5 Å². The number of fused-ring (bicyclic) bond motifs is 1. The Labute approximate surface area is 210 Å². The molecule has 2 aromatic rings. The number of carbonyl (C=O) groups is 4. The average molecular weight is 491 g/mol. The molecule has 36 heavy (non-hydrogen) atoms. The van der Waals surface area contributed by atoms with Crippen LogP contribution < -0.4 is 19.3 Å². The summed E-state index contributed by atoms with van der Waals surface area (Å²) in [7, 11) is 1.54. The van der Waals surface area contributed by atoms with Crippen LogP contribution in [0.4, 0.5) is 11.4 Å². The Morgan fingerprint density at radius 3 is 2.47 bits per heavy atom. The summed E-state index contributed by atoms with van der Waals surface area (Å²) in [5, 5.41) is 0. The van der Waals surface area contributed by atoms with E-state index in [2.05, 4.69) is 6.92 Å². The molecule has 3 aliphatic rings. The Morgan fingerprint density at radius 1 is 0.972 bits per heavy atom. The minimum absolute atomic E-state index is 0.0475. The standard InChI is InChI=1S/C28H30N2O6/c1-16-8-10-20-21(12-16)27(33)30(26(20)32)22-11-9-19(13-17(22)2)36-28(34)18-14-25(31)29(15-18)23-6-4-5-7-24(23)35-3/h4-7,9,11,13,16,18,20-21H,8,10,12,14-15H2,1-3H3/t16-,18-,20-,21-/m1/s1. The quantitative estimate of drug-likeness (QED) is 0.359. The first kappa shape index (κ1) is 24.0. The molecule has 0 unspecified atom stereocenters. The molecule has 8 heteroatoms. The number of nitrogens with zero attached hydrogens (tertiary/aromatic N) is 2. The van der Waals surface area contributed by atoms with Crippen LogP contribution >= 0.6 is 0 Å². The summed E-state index contributed by atoms with van der Waals surface area (Å²) in [5.74, 6) is -0.727. The highest BCUT2D eigenvalue weighted by Crippen LogP contribution is 2.43. The van der Waals surface area contributed by atoms with Gasteiger partial charge in [-0.2, -0.15) is 0 Å². The zero-order valence-electron chi connectivity index (χ0n) is 20.7. The van der Waals surface area contributed by atoms with Crippen molar-refractivity contribution in [3.63, 3.8) is 0 Å². The molecule has 8 nitrogen and oxygen atoms in total. The molecule has 2 heterocycles. The SMILES string of the molecule is COc1ccccc1N1C[C@H](C(=O)Oc2ccc(N3C(=O)[C@@H]4CC[C@@H](C)C[C@H]4C3=O)c(C)c2)CC1=O. The number of carbonyl (C=O) groups excluding carboxylic acids is 4. The molecular formula is C28H30N2O6. The molecule has 3 amide bonds. The van der Waals surface area contributed by atoms with E-state index in [4.69, 9.17) is 9.47 Å². The summed E-state index contributed by atoms with van der Waals surface area (Å²) in [6.45, 7) is 4.12. The second-order valence-corrected chi connectivity index (χ2v) is 10.1. The van der Waals surface area contributed by atoms with Gasteiger partial charge in [-0.05, 0) is 68.0 Å². The Balaban J connectivity index is 1.28. The first-order chi connectivity index (χ1) is 17.3. The van der Waals surface area contributed by atoms with E-state index in [1.165, 1.54) is 12.0 Å². The molecule has 0 bridgehead atoms. The van der Waals surface area contributed by atoms with Gasteiger partial charge in [0.25, 0.3) is 0 Å². The molecule has 1 aliphatic carbocycles. The number of benzene rings is 2. The molecule has 4 atom stereocenters. The topological polar surface area (TPSA) is 93.2 Å². The van der Waals surface area contributed by atoms with Crippen LogP contribution in [-0.2, 0) is 19.2 Å². The number of amides is 3. The van der Waals surface area contributed by atoms with Gasteiger partial charge < -0.3 is 14.4 Å². The van der Waals surface area contributed by atoms with Crippen molar-refractivity contribution >= 4 is 35.1 Å². The first-order valence-corrected chi connectivity index (χ1v) is 12.4. The summed E-state index contributed by atoms with van der Waals surface area (Å²) in [6, 6.07) is 12.1. The Bertz CT molecular complexity index is 1240. The predicted molar refractivity (Wildman–Crippen MR) is 133 cm³/mol. The molecule has 188 valence electrons. The lowest BCUT2D eigenvalue weighted by Crippen LogP contribution is -2.31. The Kier molecular flexibility index (Phi) is 6.28. The molecule has 2 aromatic carbocycles. The lowest BCUT2D eigenvalue weighted by molar-refractivity contribution is -0.139. The molecule has 0 spiro atoms. The van der Waals surface area contributed by atoms with Crippen molar-refractivity contribution in [2.75, 3.05) is 23.5 Å². The van der Waals surface area contributed by atoms with Gasteiger partial charge in [0.05, 0.1) is 36.2 Å². The number of para-hydroxylation sites is 2.